The van der Waals surface area contributed by atoms with Crippen molar-refractivity contribution in [3.63, 3.8) is 0 Å². The quantitative estimate of drug-likeness (QED) is 0.506. The van der Waals surface area contributed by atoms with E-state index in [1.807, 2.05) is 0 Å². The van der Waals surface area contributed by atoms with Crippen molar-refractivity contribution in [3.8, 4) is 0 Å². The summed E-state index contributed by atoms with van der Waals surface area (Å²) in [4.78, 5) is 10.8. The Hall–Kier alpha value is -0.290. The van der Waals surface area contributed by atoms with Crippen LogP contribution in [0.25, 0.3) is 0 Å². The molecule has 0 heterocycles. The van der Waals surface area contributed by atoms with Gasteiger partial charge in [0, 0.05) is 10.7 Å². The summed E-state index contributed by atoms with van der Waals surface area (Å²) in [5.41, 5.74) is -0.682. The highest BCUT2D eigenvalue weighted by atomic mass is 35.7. The molecule has 12 heavy (non-hydrogen) atoms. The molecule has 0 N–H and O–H groups in total. The Morgan fingerprint density at radius 2 is 1.83 bits per heavy atom. The summed E-state index contributed by atoms with van der Waals surface area (Å²) in [5, 5.41) is 0. The van der Waals surface area contributed by atoms with Gasteiger partial charge in [0.05, 0.1) is 0 Å². The van der Waals surface area contributed by atoms with Gasteiger partial charge < -0.3 is 4.74 Å². The lowest BCUT2D eigenvalue weighted by Gasteiger charge is -2.18. The van der Waals surface area contributed by atoms with Crippen LogP contribution in [-0.4, -0.2) is 25.7 Å². The third-order valence-corrected chi connectivity index (χ3v) is 1.62. The van der Waals surface area contributed by atoms with Gasteiger partial charge in [0.1, 0.15) is 5.60 Å². The number of halogens is 1. The number of rotatable bonds is 2. The highest BCUT2D eigenvalue weighted by Gasteiger charge is 2.20. The zero-order valence-electron chi connectivity index (χ0n) is 7.13. The van der Waals surface area contributed by atoms with Gasteiger partial charge in [-0.25, -0.2) is 8.42 Å². The zero-order chi connectivity index (χ0) is 9.99. The average molecular weight is 215 g/mol. The number of hydrogen-bond acceptors (Lipinski definition) is 4. The van der Waals surface area contributed by atoms with Gasteiger partial charge in [-0.2, -0.15) is 0 Å². The molecule has 0 aliphatic carbocycles. The molecule has 0 aromatic carbocycles. The molecule has 0 radical (unpaired) electrons. The van der Waals surface area contributed by atoms with Crippen LogP contribution in [0.4, 0.5) is 0 Å². The molecule has 0 rings (SSSR count). The fourth-order valence-corrected chi connectivity index (χ4v) is 1.12. The molecule has 0 atom stereocenters. The van der Waals surface area contributed by atoms with E-state index in [0.29, 0.717) is 0 Å². The first-order valence-electron chi connectivity index (χ1n) is 3.24. The molecule has 6 heteroatoms. The van der Waals surface area contributed by atoms with Gasteiger partial charge in [-0.1, -0.05) is 0 Å². The third kappa shape index (κ3) is 7.81. The molecule has 0 aromatic heterocycles. The van der Waals surface area contributed by atoms with E-state index >= 15 is 0 Å². The second kappa shape index (κ2) is 3.62. The van der Waals surface area contributed by atoms with E-state index in [4.69, 9.17) is 15.4 Å². The lowest BCUT2D eigenvalue weighted by atomic mass is 10.2. The van der Waals surface area contributed by atoms with Gasteiger partial charge in [0.15, 0.2) is 5.75 Å². The van der Waals surface area contributed by atoms with E-state index in [-0.39, 0.29) is 0 Å². The molecule has 0 spiro atoms. The minimum atomic E-state index is -3.80. The first kappa shape index (κ1) is 11.7. The monoisotopic (exact) mass is 214 g/mol. The minimum absolute atomic E-state index is 0.682. The average Bonchev–Trinajstić information content (AvgIpc) is 1.49. The molecule has 0 fully saturated rings. The number of carbonyl (C=O) groups is 1. The summed E-state index contributed by atoms with van der Waals surface area (Å²) in [7, 11) is 1.03. The van der Waals surface area contributed by atoms with Gasteiger partial charge in [-0.05, 0) is 20.8 Å². The van der Waals surface area contributed by atoms with Crippen LogP contribution in [0.15, 0.2) is 0 Å². The lowest BCUT2D eigenvalue weighted by Crippen LogP contribution is -2.27. The van der Waals surface area contributed by atoms with Crippen LogP contribution in [0.5, 0.6) is 0 Å². The van der Waals surface area contributed by atoms with Crippen LogP contribution in [0, 0.1) is 0 Å². The second-order valence-corrected chi connectivity index (χ2v) is 6.05. The molecule has 0 bridgehead atoms. The van der Waals surface area contributed by atoms with Crippen LogP contribution in [-0.2, 0) is 18.6 Å². The molecule has 0 saturated carbocycles. The summed E-state index contributed by atoms with van der Waals surface area (Å²) in [6.07, 6.45) is 0. The van der Waals surface area contributed by atoms with Gasteiger partial charge in [0.2, 0.25) is 9.05 Å². The smallest absolute Gasteiger partial charge is 0.322 e. The van der Waals surface area contributed by atoms with E-state index in [1.165, 1.54) is 0 Å². The van der Waals surface area contributed by atoms with E-state index in [9.17, 15) is 13.2 Å². The second-order valence-electron chi connectivity index (χ2n) is 3.27. The normalized spacial score (nSPS) is 12.7. The highest BCUT2D eigenvalue weighted by Crippen LogP contribution is 2.08. The summed E-state index contributed by atoms with van der Waals surface area (Å²) in [6, 6.07) is 0. The molecular weight excluding hydrogens is 204 g/mol. The maximum absolute atomic E-state index is 10.8. The number of hydrogen-bond donors (Lipinski definition) is 0. The third-order valence-electron chi connectivity index (χ3n) is 0.710. The summed E-state index contributed by atoms with van der Waals surface area (Å²) >= 11 is 0. The minimum Gasteiger partial charge on any atom is -0.459 e. The molecule has 0 saturated heterocycles. The Labute approximate surface area is 76.3 Å². The molecule has 0 aliphatic heterocycles. The largest absolute Gasteiger partial charge is 0.459 e. The Bertz CT molecular complexity index is 262. The molecule has 0 unspecified atom stereocenters. The Kier molecular flexibility index (Phi) is 3.53. The molecule has 72 valence electrons. The van der Waals surface area contributed by atoms with Crippen LogP contribution >= 0.6 is 10.7 Å². The molecule has 0 aromatic rings. The molecule has 0 amide bonds. The van der Waals surface area contributed by atoms with Crippen molar-refractivity contribution >= 4 is 25.7 Å². The summed E-state index contributed by atoms with van der Waals surface area (Å²) in [6.45, 7) is 4.93. The first-order valence-corrected chi connectivity index (χ1v) is 5.72. The van der Waals surface area contributed by atoms with E-state index in [1.54, 1.807) is 20.8 Å². The fourth-order valence-electron chi connectivity index (χ4n) is 0.512. The maximum atomic E-state index is 10.8. The molecule has 4 nitrogen and oxygen atoms in total. The molecule has 0 aliphatic rings. The van der Waals surface area contributed by atoms with Crippen LogP contribution in [0.2, 0.25) is 0 Å². The molecular formula is C6H11ClO4S. The zero-order valence-corrected chi connectivity index (χ0v) is 8.70. The van der Waals surface area contributed by atoms with Gasteiger partial charge in [-0.15, -0.1) is 0 Å². The van der Waals surface area contributed by atoms with Gasteiger partial charge in [0.25, 0.3) is 0 Å². The number of esters is 1. The Morgan fingerprint density at radius 1 is 1.42 bits per heavy atom. The van der Waals surface area contributed by atoms with Crippen molar-refractivity contribution in [2.24, 2.45) is 0 Å². The van der Waals surface area contributed by atoms with Crippen LogP contribution in [0.1, 0.15) is 20.8 Å². The van der Waals surface area contributed by atoms with E-state index in [0.717, 1.165) is 0 Å². The summed E-state index contributed by atoms with van der Waals surface area (Å²) < 4.78 is 25.5. The van der Waals surface area contributed by atoms with Crippen LogP contribution in [0.3, 0.4) is 0 Å². The summed E-state index contributed by atoms with van der Waals surface area (Å²) in [5.74, 6) is -1.62. The Morgan fingerprint density at radius 3 is 2.08 bits per heavy atom. The van der Waals surface area contributed by atoms with Crippen LogP contribution < -0.4 is 0 Å². The Balaban J connectivity index is 4.10. The van der Waals surface area contributed by atoms with Crippen molar-refractivity contribution in [3.05, 3.63) is 0 Å². The van der Waals surface area contributed by atoms with Crippen molar-refractivity contribution < 1.29 is 17.9 Å². The van der Waals surface area contributed by atoms with Gasteiger partial charge >= 0.3 is 5.97 Å². The topological polar surface area (TPSA) is 60.4 Å². The van der Waals surface area contributed by atoms with Crippen molar-refractivity contribution in [1.82, 2.24) is 0 Å². The highest BCUT2D eigenvalue weighted by molar-refractivity contribution is 8.14. The first-order chi connectivity index (χ1) is 5.10. The fraction of sp³-hybridized carbons (Fsp3) is 0.833. The lowest BCUT2D eigenvalue weighted by molar-refractivity contribution is -0.151. The van der Waals surface area contributed by atoms with E-state index in [2.05, 4.69) is 0 Å². The SMILES string of the molecule is CC(C)(C)OC(=O)CS(=O)(=O)Cl. The predicted molar refractivity (Wildman–Crippen MR) is 45.5 cm³/mol. The van der Waals surface area contributed by atoms with Gasteiger partial charge in [-0.3, -0.25) is 4.79 Å². The number of carbonyl (C=O) groups excluding carboxylic acids is 1. The predicted octanol–water partition coefficient (Wildman–Crippen LogP) is 0.897. The van der Waals surface area contributed by atoms with Crippen molar-refractivity contribution in [1.29, 1.82) is 0 Å². The van der Waals surface area contributed by atoms with E-state index < -0.39 is 26.4 Å². The number of ether oxygens (including phenoxy) is 1. The standard InChI is InChI=1S/C6H11ClO4S/c1-6(2,3)11-5(8)4-12(7,9)10/h4H2,1-3H3. The van der Waals surface area contributed by atoms with Crippen molar-refractivity contribution in [2.75, 3.05) is 5.75 Å². The van der Waals surface area contributed by atoms with Crippen molar-refractivity contribution in [2.45, 2.75) is 26.4 Å². The maximum Gasteiger partial charge on any atom is 0.322 e.